The van der Waals surface area contributed by atoms with Crippen LogP contribution in [0, 0.1) is 0 Å². The van der Waals surface area contributed by atoms with E-state index in [1.54, 1.807) is 0 Å². The fraction of sp³-hybridized carbons (Fsp3) is 0.897. The lowest BCUT2D eigenvalue weighted by molar-refractivity contribution is -0.161. The Bertz CT molecular complexity index is 803. The predicted molar refractivity (Wildman–Crippen MR) is 198 cm³/mol. The Labute approximate surface area is 295 Å². The van der Waals surface area contributed by atoms with Gasteiger partial charge in [0.05, 0.1) is 6.61 Å². The van der Waals surface area contributed by atoms with E-state index >= 15 is 0 Å². The van der Waals surface area contributed by atoms with Crippen LogP contribution in [0.4, 0.5) is 0 Å². The second kappa shape index (κ2) is 35.6. The second-order valence-corrected chi connectivity index (χ2v) is 15.0. The highest BCUT2D eigenvalue weighted by molar-refractivity contribution is 7.47. The zero-order valence-corrected chi connectivity index (χ0v) is 32.3. The Morgan fingerprint density at radius 2 is 0.938 bits per heavy atom. The van der Waals surface area contributed by atoms with E-state index in [1.165, 1.54) is 116 Å². The number of allylic oxidation sites excluding steroid dienone is 2. The zero-order valence-electron chi connectivity index (χ0n) is 31.4. The molecule has 0 saturated heterocycles. The van der Waals surface area contributed by atoms with Gasteiger partial charge in [0.25, 0.3) is 0 Å². The summed E-state index contributed by atoms with van der Waals surface area (Å²) in [6.45, 7) is 3.86. The number of carbonyl (C=O) groups excluding carboxylic acids is 2. The van der Waals surface area contributed by atoms with E-state index in [1.807, 2.05) is 0 Å². The largest absolute Gasteiger partial charge is 0.472 e. The average molecular weight is 703 g/mol. The van der Waals surface area contributed by atoms with Gasteiger partial charge < -0.3 is 14.4 Å². The molecule has 0 aliphatic rings. The maximum atomic E-state index is 12.4. The van der Waals surface area contributed by atoms with Gasteiger partial charge in [-0.2, -0.15) is 0 Å². The Morgan fingerprint density at radius 1 is 0.562 bits per heavy atom. The monoisotopic (exact) mass is 703 g/mol. The molecule has 0 spiro atoms. The van der Waals surface area contributed by atoms with E-state index in [-0.39, 0.29) is 19.0 Å². The molecular weight excluding hydrogens is 627 g/mol. The second-order valence-electron chi connectivity index (χ2n) is 13.4. The number of phosphoric acid groups is 1. The van der Waals surface area contributed by atoms with Crippen LogP contribution < -0.4 is 0 Å². The molecule has 0 fully saturated rings. The number of rotatable bonds is 37. The summed E-state index contributed by atoms with van der Waals surface area (Å²) in [7, 11) is -3.19. The molecule has 0 saturated carbocycles. The third-order valence-corrected chi connectivity index (χ3v) is 9.70. The molecule has 0 aromatic carbocycles. The Kier molecular flexibility index (Phi) is 34.7. The molecule has 1 N–H and O–H groups in total. The van der Waals surface area contributed by atoms with E-state index in [9.17, 15) is 19.0 Å². The van der Waals surface area contributed by atoms with Crippen molar-refractivity contribution in [1.29, 1.82) is 0 Å². The lowest BCUT2D eigenvalue weighted by atomic mass is 10.0. The maximum absolute atomic E-state index is 12.4. The van der Waals surface area contributed by atoms with Gasteiger partial charge >= 0.3 is 19.8 Å². The lowest BCUT2D eigenvalue weighted by Crippen LogP contribution is -2.29. The van der Waals surface area contributed by atoms with Crippen molar-refractivity contribution in [3.05, 3.63) is 12.2 Å². The third-order valence-electron chi connectivity index (χ3n) is 8.76. The molecule has 284 valence electrons. The quantitative estimate of drug-likeness (QED) is 0.0295. The fourth-order valence-electron chi connectivity index (χ4n) is 5.65. The minimum atomic E-state index is -4.25. The number of esters is 2. The first-order valence-corrected chi connectivity index (χ1v) is 21.4. The summed E-state index contributed by atoms with van der Waals surface area (Å²) in [6, 6.07) is 0. The topological polar surface area (TPSA) is 108 Å². The van der Waals surface area contributed by atoms with Crippen LogP contribution in [0.5, 0.6) is 0 Å². The molecule has 9 heteroatoms. The smallest absolute Gasteiger partial charge is 0.462 e. The summed E-state index contributed by atoms with van der Waals surface area (Å²) in [4.78, 5) is 34.3. The van der Waals surface area contributed by atoms with Crippen molar-refractivity contribution in [3.63, 3.8) is 0 Å². The zero-order chi connectivity index (χ0) is 35.4. The van der Waals surface area contributed by atoms with Crippen LogP contribution in [-0.4, -0.2) is 43.3 Å². The molecule has 0 radical (unpaired) electrons. The van der Waals surface area contributed by atoms with E-state index in [0.717, 1.165) is 58.5 Å². The normalized spacial score (nSPS) is 13.5. The molecular formula is C39H75O8P. The minimum absolute atomic E-state index is 0.223. The van der Waals surface area contributed by atoms with Gasteiger partial charge in [0.1, 0.15) is 6.61 Å². The van der Waals surface area contributed by atoms with Crippen molar-refractivity contribution in [2.24, 2.45) is 0 Å². The van der Waals surface area contributed by atoms with Crippen LogP contribution in [0.3, 0.4) is 0 Å². The van der Waals surface area contributed by atoms with Crippen LogP contribution in [0.1, 0.15) is 200 Å². The fourth-order valence-corrected chi connectivity index (χ4v) is 6.11. The van der Waals surface area contributed by atoms with Gasteiger partial charge in [-0.3, -0.25) is 18.6 Å². The van der Waals surface area contributed by atoms with Crippen LogP contribution in [0.2, 0.25) is 0 Å². The molecule has 0 aromatic heterocycles. The molecule has 0 aliphatic carbocycles. The van der Waals surface area contributed by atoms with Crippen molar-refractivity contribution in [1.82, 2.24) is 0 Å². The lowest BCUT2D eigenvalue weighted by Gasteiger charge is -2.19. The van der Waals surface area contributed by atoms with Crippen molar-refractivity contribution in [2.75, 3.05) is 20.3 Å². The van der Waals surface area contributed by atoms with Crippen molar-refractivity contribution in [3.8, 4) is 0 Å². The molecule has 8 nitrogen and oxygen atoms in total. The summed E-state index contributed by atoms with van der Waals surface area (Å²) in [6.07, 6.45) is 36.9. The summed E-state index contributed by atoms with van der Waals surface area (Å²) in [5.74, 6) is -0.806. The van der Waals surface area contributed by atoms with Gasteiger partial charge in [-0.05, 0) is 38.5 Å². The van der Waals surface area contributed by atoms with E-state index in [0.29, 0.717) is 12.8 Å². The highest BCUT2D eigenvalue weighted by atomic mass is 31.2. The van der Waals surface area contributed by atoms with E-state index in [2.05, 4.69) is 30.5 Å². The molecule has 0 bridgehead atoms. The maximum Gasteiger partial charge on any atom is 0.472 e. The minimum Gasteiger partial charge on any atom is -0.462 e. The number of phosphoric ester groups is 1. The standard InChI is InChI=1S/C39H75O8P/c1-4-6-8-10-12-14-16-18-19-20-21-22-24-25-27-29-31-33-38(40)45-35-37(36-46-48(42,43)44-3)47-39(41)34-32-30-28-26-23-17-15-13-11-9-7-5-2/h13,15,37H,4-12,14,16-36H2,1-3H3,(H,42,43)/b15-13-. The van der Waals surface area contributed by atoms with E-state index in [4.69, 9.17) is 14.0 Å². The van der Waals surface area contributed by atoms with Crippen LogP contribution in [0.15, 0.2) is 12.2 Å². The first-order valence-electron chi connectivity index (χ1n) is 19.9. The number of hydrogen-bond donors (Lipinski definition) is 1. The Hall–Kier alpha value is -1.21. The van der Waals surface area contributed by atoms with Gasteiger partial charge in [-0.15, -0.1) is 0 Å². The summed E-state index contributed by atoms with van der Waals surface area (Å²) < 4.78 is 31.9. The van der Waals surface area contributed by atoms with Crippen molar-refractivity contribution in [2.45, 2.75) is 206 Å². The van der Waals surface area contributed by atoms with Gasteiger partial charge in [-0.25, -0.2) is 4.57 Å². The summed E-state index contributed by atoms with van der Waals surface area (Å²) >= 11 is 0. The molecule has 0 aromatic rings. The molecule has 0 aliphatic heterocycles. The Morgan fingerprint density at radius 3 is 1.40 bits per heavy atom. The Balaban J connectivity index is 3.98. The number of carbonyl (C=O) groups is 2. The SMILES string of the molecule is CCCCC/C=C\CCCCCCCC(=O)OC(COC(=O)CCCCCCCCCCCCCCCCCCC)COP(=O)(O)OC. The molecule has 2 atom stereocenters. The predicted octanol–water partition coefficient (Wildman–Crippen LogP) is 12.1. The molecule has 0 amide bonds. The van der Waals surface area contributed by atoms with Gasteiger partial charge in [-0.1, -0.05) is 161 Å². The number of ether oxygens (including phenoxy) is 2. The number of hydrogen-bond acceptors (Lipinski definition) is 7. The molecule has 48 heavy (non-hydrogen) atoms. The van der Waals surface area contributed by atoms with Crippen molar-refractivity contribution < 1.29 is 37.6 Å². The van der Waals surface area contributed by atoms with Crippen LogP contribution >= 0.6 is 7.82 Å². The third kappa shape index (κ3) is 34.6. The number of unbranched alkanes of at least 4 members (excludes halogenated alkanes) is 24. The van der Waals surface area contributed by atoms with Gasteiger partial charge in [0.2, 0.25) is 0 Å². The molecule has 0 rings (SSSR count). The van der Waals surface area contributed by atoms with Gasteiger partial charge in [0, 0.05) is 20.0 Å². The summed E-state index contributed by atoms with van der Waals surface area (Å²) in [5, 5.41) is 0. The molecule has 2 unspecified atom stereocenters. The van der Waals surface area contributed by atoms with Crippen molar-refractivity contribution >= 4 is 19.8 Å². The van der Waals surface area contributed by atoms with Crippen LogP contribution in [0.25, 0.3) is 0 Å². The highest BCUT2D eigenvalue weighted by Crippen LogP contribution is 2.42. The van der Waals surface area contributed by atoms with Crippen LogP contribution in [-0.2, 0) is 32.7 Å². The average Bonchev–Trinajstić information content (AvgIpc) is 3.07. The van der Waals surface area contributed by atoms with E-state index < -0.39 is 26.5 Å². The highest BCUT2D eigenvalue weighted by Gasteiger charge is 2.24. The first kappa shape index (κ1) is 46.8. The molecule has 0 heterocycles. The summed E-state index contributed by atoms with van der Waals surface area (Å²) in [5.41, 5.74) is 0. The van der Waals surface area contributed by atoms with Gasteiger partial charge in [0.15, 0.2) is 6.10 Å². The first-order chi connectivity index (χ1) is 23.3.